The monoisotopic (exact) mass is 257 g/mol. The van der Waals surface area contributed by atoms with Crippen molar-refractivity contribution in [2.45, 2.75) is 4.90 Å². The molecule has 17 heavy (non-hydrogen) atoms. The predicted octanol–water partition coefficient (Wildman–Crippen LogP) is 1.46. The lowest BCUT2D eigenvalue weighted by Gasteiger charge is -2.13. The van der Waals surface area contributed by atoms with Crippen LogP contribution in [0.5, 0.6) is 0 Å². The fourth-order valence-corrected chi connectivity index (χ4v) is 1.92. The van der Waals surface area contributed by atoms with E-state index in [9.17, 15) is 14.0 Å². The van der Waals surface area contributed by atoms with Crippen LogP contribution in [0.4, 0.5) is 4.39 Å². The molecule has 1 N–H and O–H groups in total. The minimum absolute atomic E-state index is 0.134. The van der Waals surface area contributed by atoms with E-state index >= 15 is 0 Å². The Morgan fingerprint density at radius 3 is 2.47 bits per heavy atom. The van der Waals surface area contributed by atoms with Gasteiger partial charge in [0.05, 0.1) is 5.75 Å². The van der Waals surface area contributed by atoms with Crippen molar-refractivity contribution in [1.82, 2.24) is 4.90 Å². The Labute approximate surface area is 102 Å². The van der Waals surface area contributed by atoms with Gasteiger partial charge in [0.1, 0.15) is 12.4 Å². The van der Waals surface area contributed by atoms with Crippen molar-refractivity contribution >= 4 is 23.6 Å². The van der Waals surface area contributed by atoms with Crippen molar-refractivity contribution in [1.29, 1.82) is 0 Å². The van der Waals surface area contributed by atoms with Crippen LogP contribution in [0.25, 0.3) is 0 Å². The number of nitrogens with zero attached hydrogens (tertiary/aromatic N) is 1. The maximum absolute atomic E-state index is 12.6. The number of aliphatic carboxylic acids is 1. The van der Waals surface area contributed by atoms with Gasteiger partial charge in [-0.2, -0.15) is 0 Å². The van der Waals surface area contributed by atoms with Gasteiger partial charge < -0.3 is 10.0 Å². The van der Waals surface area contributed by atoms with Crippen LogP contribution in [-0.2, 0) is 9.59 Å². The van der Waals surface area contributed by atoms with Gasteiger partial charge >= 0.3 is 5.97 Å². The summed E-state index contributed by atoms with van der Waals surface area (Å²) in [5.41, 5.74) is 0. The second-order valence-electron chi connectivity index (χ2n) is 3.39. The van der Waals surface area contributed by atoms with Gasteiger partial charge in [-0.05, 0) is 24.3 Å². The van der Waals surface area contributed by atoms with Gasteiger partial charge in [-0.15, -0.1) is 11.8 Å². The summed E-state index contributed by atoms with van der Waals surface area (Å²) in [5, 5.41) is 8.51. The quantitative estimate of drug-likeness (QED) is 0.811. The van der Waals surface area contributed by atoms with E-state index in [0.717, 1.165) is 9.80 Å². The molecule has 1 aromatic carbocycles. The summed E-state index contributed by atoms with van der Waals surface area (Å²) in [7, 11) is 1.43. The van der Waals surface area contributed by atoms with Crippen LogP contribution in [0.2, 0.25) is 0 Å². The second kappa shape index (κ2) is 6.24. The van der Waals surface area contributed by atoms with Gasteiger partial charge in [0.25, 0.3) is 0 Å². The molecular formula is C11H12FNO3S. The highest BCUT2D eigenvalue weighted by atomic mass is 32.2. The molecule has 1 rings (SSSR count). The summed E-state index contributed by atoms with van der Waals surface area (Å²) >= 11 is 1.24. The molecule has 0 fully saturated rings. The zero-order chi connectivity index (χ0) is 12.8. The molecule has 1 aromatic rings. The first-order valence-electron chi connectivity index (χ1n) is 4.83. The van der Waals surface area contributed by atoms with E-state index < -0.39 is 5.97 Å². The van der Waals surface area contributed by atoms with Gasteiger partial charge in [-0.25, -0.2) is 4.39 Å². The number of likely N-dealkylation sites (N-methyl/N-ethyl adjacent to an activating group) is 1. The molecule has 0 heterocycles. The zero-order valence-electron chi connectivity index (χ0n) is 9.22. The molecule has 6 heteroatoms. The van der Waals surface area contributed by atoms with Crippen molar-refractivity contribution in [3.05, 3.63) is 30.1 Å². The van der Waals surface area contributed by atoms with E-state index in [0.29, 0.717) is 0 Å². The Balaban J connectivity index is 2.42. The summed E-state index contributed by atoms with van der Waals surface area (Å²) < 4.78 is 12.6. The second-order valence-corrected chi connectivity index (χ2v) is 4.43. The molecule has 0 spiro atoms. The Morgan fingerprint density at radius 2 is 1.94 bits per heavy atom. The first-order valence-corrected chi connectivity index (χ1v) is 5.81. The number of benzene rings is 1. The standard InChI is InChI=1S/C11H12FNO3S/c1-13(6-11(15)16)10(14)7-17-9-4-2-8(12)3-5-9/h2-5H,6-7H2,1H3,(H,15,16). The first-order chi connectivity index (χ1) is 7.99. The highest BCUT2D eigenvalue weighted by molar-refractivity contribution is 8.00. The molecule has 0 saturated heterocycles. The topological polar surface area (TPSA) is 57.6 Å². The number of carboxylic acids is 1. The smallest absolute Gasteiger partial charge is 0.323 e. The molecular weight excluding hydrogens is 245 g/mol. The number of rotatable bonds is 5. The summed E-state index contributed by atoms with van der Waals surface area (Å²) in [6.07, 6.45) is 0. The number of hydrogen-bond acceptors (Lipinski definition) is 3. The molecule has 0 radical (unpaired) electrons. The highest BCUT2D eigenvalue weighted by Gasteiger charge is 2.12. The number of thioether (sulfide) groups is 1. The third-order valence-corrected chi connectivity index (χ3v) is 2.97. The van der Waals surface area contributed by atoms with Crippen LogP contribution in [0.1, 0.15) is 0 Å². The predicted molar refractivity (Wildman–Crippen MR) is 62.4 cm³/mol. The van der Waals surface area contributed by atoms with Crippen molar-refractivity contribution in [3.8, 4) is 0 Å². The maximum atomic E-state index is 12.6. The lowest BCUT2D eigenvalue weighted by atomic mass is 10.4. The average molecular weight is 257 g/mol. The summed E-state index contributed by atoms with van der Waals surface area (Å²) in [4.78, 5) is 23.8. The van der Waals surface area contributed by atoms with E-state index in [-0.39, 0.29) is 24.0 Å². The van der Waals surface area contributed by atoms with Crippen LogP contribution >= 0.6 is 11.8 Å². The van der Waals surface area contributed by atoms with Crippen molar-refractivity contribution in [3.63, 3.8) is 0 Å². The fraction of sp³-hybridized carbons (Fsp3) is 0.273. The number of hydrogen-bond donors (Lipinski definition) is 1. The molecule has 1 amide bonds. The molecule has 0 bridgehead atoms. The molecule has 0 saturated carbocycles. The molecule has 0 aliphatic heterocycles. The molecule has 0 aromatic heterocycles. The Hall–Kier alpha value is -1.56. The lowest BCUT2D eigenvalue weighted by molar-refractivity contribution is -0.142. The fourth-order valence-electron chi connectivity index (χ4n) is 1.08. The molecule has 0 aliphatic rings. The third-order valence-electron chi connectivity index (χ3n) is 1.97. The third kappa shape index (κ3) is 4.86. The summed E-state index contributed by atoms with van der Waals surface area (Å²) in [6, 6.07) is 5.77. The number of carbonyl (C=O) groups excluding carboxylic acids is 1. The van der Waals surface area contributed by atoms with Crippen LogP contribution in [-0.4, -0.2) is 41.2 Å². The maximum Gasteiger partial charge on any atom is 0.323 e. The van der Waals surface area contributed by atoms with Crippen LogP contribution in [0, 0.1) is 5.82 Å². The Kier molecular flexibility index (Phi) is 4.96. The lowest BCUT2D eigenvalue weighted by Crippen LogP contribution is -2.33. The Bertz CT molecular complexity index is 408. The SMILES string of the molecule is CN(CC(=O)O)C(=O)CSc1ccc(F)cc1. The van der Waals surface area contributed by atoms with E-state index in [1.54, 1.807) is 12.1 Å². The van der Waals surface area contributed by atoms with Gasteiger partial charge in [0.15, 0.2) is 0 Å². The minimum atomic E-state index is -1.05. The van der Waals surface area contributed by atoms with Crippen LogP contribution < -0.4 is 0 Å². The van der Waals surface area contributed by atoms with Crippen LogP contribution in [0.3, 0.4) is 0 Å². The van der Waals surface area contributed by atoms with Crippen LogP contribution in [0.15, 0.2) is 29.2 Å². The highest BCUT2D eigenvalue weighted by Crippen LogP contribution is 2.18. The zero-order valence-corrected chi connectivity index (χ0v) is 10.0. The largest absolute Gasteiger partial charge is 0.480 e. The molecule has 4 nitrogen and oxygen atoms in total. The first kappa shape index (κ1) is 13.5. The molecule has 0 aliphatic carbocycles. The number of carbonyl (C=O) groups is 2. The van der Waals surface area contributed by atoms with E-state index in [2.05, 4.69) is 0 Å². The summed E-state index contributed by atoms with van der Waals surface area (Å²) in [5.74, 6) is -1.52. The van der Waals surface area contributed by atoms with E-state index in [1.165, 1.54) is 30.9 Å². The van der Waals surface area contributed by atoms with Gasteiger partial charge in [-0.3, -0.25) is 9.59 Å². The van der Waals surface area contributed by atoms with E-state index in [4.69, 9.17) is 5.11 Å². The number of halogens is 1. The van der Waals surface area contributed by atoms with Gasteiger partial charge in [0.2, 0.25) is 5.91 Å². The Morgan fingerprint density at radius 1 is 1.35 bits per heavy atom. The summed E-state index contributed by atoms with van der Waals surface area (Å²) in [6.45, 7) is -0.317. The minimum Gasteiger partial charge on any atom is -0.480 e. The van der Waals surface area contributed by atoms with Gasteiger partial charge in [0, 0.05) is 11.9 Å². The average Bonchev–Trinajstić information content (AvgIpc) is 2.27. The van der Waals surface area contributed by atoms with Gasteiger partial charge in [-0.1, -0.05) is 0 Å². The van der Waals surface area contributed by atoms with Crippen molar-refractivity contribution in [2.75, 3.05) is 19.3 Å². The number of carboxylic acid groups (broad SMARTS) is 1. The normalized spacial score (nSPS) is 10.0. The van der Waals surface area contributed by atoms with Crippen molar-refractivity contribution < 1.29 is 19.1 Å². The molecule has 92 valence electrons. The molecule has 0 unspecified atom stereocenters. The van der Waals surface area contributed by atoms with E-state index in [1.807, 2.05) is 0 Å². The molecule has 0 atom stereocenters. The van der Waals surface area contributed by atoms with Crippen molar-refractivity contribution in [2.24, 2.45) is 0 Å². The number of amides is 1.